The maximum absolute atomic E-state index is 13.2. The highest BCUT2D eigenvalue weighted by Gasteiger charge is 2.35. The molecule has 0 N–H and O–H groups in total. The zero-order valence-electron chi connectivity index (χ0n) is 26.3. The van der Waals surface area contributed by atoms with E-state index in [1.54, 1.807) is 18.6 Å². The second-order valence-corrected chi connectivity index (χ2v) is 13.6. The molecule has 1 aromatic carbocycles. The van der Waals surface area contributed by atoms with Gasteiger partial charge in [0.2, 0.25) is 0 Å². The number of nitrogens with zero attached hydrogens (tertiary/aromatic N) is 4. The Morgan fingerprint density at radius 1 is 0.932 bits per heavy atom. The maximum atomic E-state index is 13.2. The molecule has 2 aliphatic heterocycles. The quantitative estimate of drug-likeness (QED) is 0.239. The molecule has 1 fully saturated rings. The van der Waals surface area contributed by atoms with E-state index >= 15 is 0 Å². The van der Waals surface area contributed by atoms with E-state index in [1.807, 2.05) is 64.8 Å². The summed E-state index contributed by atoms with van der Waals surface area (Å²) in [6, 6.07) is 10.2. The number of benzene rings is 1. The van der Waals surface area contributed by atoms with Gasteiger partial charge in [-0.05, 0) is 113 Å². The van der Waals surface area contributed by atoms with Crippen LogP contribution in [0.2, 0.25) is 0 Å². The zero-order valence-corrected chi connectivity index (χ0v) is 26.3. The van der Waals surface area contributed by atoms with Crippen LogP contribution in [0.5, 0.6) is 0 Å². The minimum atomic E-state index is -0.652. The molecule has 9 heteroatoms. The summed E-state index contributed by atoms with van der Waals surface area (Å²) >= 11 is 0. The van der Waals surface area contributed by atoms with E-state index in [9.17, 15) is 9.59 Å². The number of fused-ring (bicyclic) bond motifs is 2. The molecule has 4 aromatic rings. The summed E-state index contributed by atoms with van der Waals surface area (Å²) in [4.78, 5) is 37.3. The van der Waals surface area contributed by atoms with Crippen LogP contribution in [0, 0.1) is 0 Å². The number of pyridine rings is 2. The third-order valence-electron chi connectivity index (χ3n) is 7.94. The van der Waals surface area contributed by atoms with Crippen molar-refractivity contribution >= 4 is 23.2 Å². The lowest BCUT2D eigenvalue weighted by Crippen LogP contribution is -2.36. The molecule has 0 radical (unpaired) electrons. The Kier molecular flexibility index (Phi) is 7.70. The normalized spacial score (nSPS) is 17.0. The van der Waals surface area contributed by atoms with Crippen molar-refractivity contribution in [3.63, 3.8) is 0 Å². The summed E-state index contributed by atoms with van der Waals surface area (Å²) in [5.74, 6) is 0. The Morgan fingerprint density at radius 2 is 1.66 bits per heavy atom. The van der Waals surface area contributed by atoms with E-state index in [4.69, 9.17) is 19.2 Å². The smallest absolute Gasteiger partial charge is 0.420 e. The first-order valence-electron chi connectivity index (χ1n) is 15.3. The van der Waals surface area contributed by atoms with Crippen molar-refractivity contribution in [1.82, 2.24) is 19.4 Å². The summed E-state index contributed by atoms with van der Waals surface area (Å²) in [7, 11) is 0. The van der Waals surface area contributed by atoms with Gasteiger partial charge in [0.25, 0.3) is 0 Å². The standard InChI is InChI=1S/C35H40N4O5/c1-34(2,3)43-32(40)38-14-7-8-30(38)26-17-24(16-23-11-15-42-21-29(23)26)25-18-27-28(22-9-12-36-13-10-22)20-39(31(27)37-19-25)33(41)44-35(4,5)6/h9-10,12-13,16-20,30H,7-8,11,14-15,21H2,1-6H3/t30-/m0/s1. The molecule has 230 valence electrons. The molecule has 0 saturated carbocycles. The summed E-state index contributed by atoms with van der Waals surface area (Å²) in [5.41, 5.74) is 6.50. The lowest BCUT2D eigenvalue weighted by molar-refractivity contribution is 0.0220. The molecule has 1 atom stereocenters. The lowest BCUT2D eigenvalue weighted by Gasteiger charge is -2.31. The highest BCUT2D eigenvalue weighted by atomic mass is 16.6. The topological polar surface area (TPSA) is 95.8 Å². The Bertz CT molecular complexity index is 1720. The fourth-order valence-corrected chi connectivity index (χ4v) is 6.08. The van der Waals surface area contributed by atoms with Crippen LogP contribution in [0.15, 0.2) is 55.1 Å². The van der Waals surface area contributed by atoms with Crippen molar-refractivity contribution in [2.24, 2.45) is 0 Å². The van der Waals surface area contributed by atoms with Gasteiger partial charge in [-0.15, -0.1) is 0 Å². The van der Waals surface area contributed by atoms with Gasteiger partial charge >= 0.3 is 12.2 Å². The molecule has 0 bridgehead atoms. The molecular formula is C35H40N4O5. The SMILES string of the molecule is CC(C)(C)OC(=O)N1CCC[C@H]1c1cc(-c2cnc3c(c2)c(-c2ccncc2)cn3C(=O)OC(C)(C)C)cc2c1COCC2. The number of carbonyl (C=O) groups excluding carboxylic acids is 2. The molecule has 1 saturated heterocycles. The van der Waals surface area contributed by atoms with E-state index in [0.29, 0.717) is 25.4 Å². The first kappa shape index (κ1) is 29.8. The van der Waals surface area contributed by atoms with Crippen molar-refractivity contribution in [1.29, 1.82) is 0 Å². The lowest BCUT2D eigenvalue weighted by atomic mass is 9.88. The third-order valence-corrected chi connectivity index (χ3v) is 7.94. The van der Waals surface area contributed by atoms with Gasteiger partial charge in [0.1, 0.15) is 16.8 Å². The first-order valence-corrected chi connectivity index (χ1v) is 15.3. The Balaban J connectivity index is 1.47. The highest BCUT2D eigenvalue weighted by Crippen LogP contribution is 2.41. The van der Waals surface area contributed by atoms with Gasteiger partial charge in [0, 0.05) is 47.8 Å². The number of ether oxygens (including phenoxy) is 3. The monoisotopic (exact) mass is 596 g/mol. The van der Waals surface area contributed by atoms with Crippen LogP contribution in [0.4, 0.5) is 9.59 Å². The van der Waals surface area contributed by atoms with Crippen LogP contribution in [0.3, 0.4) is 0 Å². The van der Waals surface area contributed by atoms with Crippen molar-refractivity contribution in [3.8, 4) is 22.3 Å². The molecule has 0 aliphatic carbocycles. The van der Waals surface area contributed by atoms with E-state index in [0.717, 1.165) is 58.0 Å². The van der Waals surface area contributed by atoms with Gasteiger partial charge in [-0.2, -0.15) is 0 Å². The predicted molar refractivity (Wildman–Crippen MR) is 168 cm³/mol. The Morgan fingerprint density at radius 3 is 2.39 bits per heavy atom. The molecule has 0 spiro atoms. The molecule has 1 amide bonds. The number of carbonyl (C=O) groups is 2. The molecule has 3 aromatic heterocycles. The minimum absolute atomic E-state index is 0.0995. The van der Waals surface area contributed by atoms with E-state index in [2.05, 4.69) is 23.2 Å². The van der Waals surface area contributed by atoms with Gasteiger partial charge in [0.15, 0.2) is 0 Å². The largest absolute Gasteiger partial charge is 0.444 e. The Labute approximate surface area is 258 Å². The van der Waals surface area contributed by atoms with E-state index in [-0.39, 0.29) is 12.1 Å². The van der Waals surface area contributed by atoms with Crippen molar-refractivity contribution in [3.05, 3.63) is 71.8 Å². The van der Waals surface area contributed by atoms with Crippen molar-refractivity contribution < 1.29 is 23.8 Å². The summed E-state index contributed by atoms with van der Waals surface area (Å²) in [6.07, 6.45) is 8.86. The fraction of sp³-hybridized carbons (Fsp3) is 0.429. The molecule has 0 unspecified atom stereocenters. The van der Waals surface area contributed by atoms with E-state index < -0.39 is 17.3 Å². The summed E-state index contributed by atoms with van der Waals surface area (Å²) in [5, 5.41) is 0.832. The van der Waals surface area contributed by atoms with Gasteiger partial charge in [0.05, 0.1) is 19.3 Å². The van der Waals surface area contributed by atoms with Crippen molar-refractivity contribution in [2.75, 3.05) is 13.2 Å². The average molecular weight is 597 g/mol. The summed E-state index contributed by atoms with van der Waals surface area (Å²) in [6.45, 7) is 13.0. The van der Waals surface area contributed by atoms with Crippen LogP contribution in [-0.2, 0) is 27.2 Å². The first-order chi connectivity index (χ1) is 20.9. The predicted octanol–water partition coefficient (Wildman–Crippen LogP) is 7.69. The van der Waals surface area contributed by atoms with Crippen molar-refractivity contribution in [2.45, 2.75) is 84.7 Å². The second-order valence-electron chi connectivity index (χ2n) is 13.6. The van der Waals surface area contributed by atoms with Crippen LogP contribution in [-0.4, -0.2) is 56.0 Å². The van der Waals surface area contributed by atoms with Crippen LogP contribution in [0.25, 0.3) is 33.3 Å². The second kappa shape index (κ2) is 11.4. The van der Waals surface area contributed by atoms with Gasteiger partial charge in [-0.25, -0.2) is 19.1 Å². The van der Waals surface area contributed by atoms with Crippen LogP contribution in [0.1, 0.15) is 77.1 Å². The number of aromatic nitrogens is 3. The van der Waals surface area contributed by atoms with Crippen LogP contribution < -0.4 is 0 Å². The number of hydrogen-bond acceptors (Lipinski definition) is 7. The highest BCUT2D eigenvalue weighted by molar-refractivity contribution is 6.00. The van der Waals surface area contributed by atoms with Gasteiger partial charge in [-0.3, -0.25) is 4.98 Å². The number of likely N-dealkylation sites (tertiary alicyclic amines) is 1. The molecule has 2 aliphatic rings. The van der Waals surface area contributed by atoms with Gasteiger partial charge in [-0.1, -0.05) is 6.07 Å². The Hall–Kier alpha value is -4.24. The van der Waals surface area contributed by atoms with E-state index in [1.165, 1.54) is 10.1 Å². The number of amides is 1. The minimum Gasteiger partial charge on any atom is -0.444 e. The van der Waals surface area contributed by atoms with Gasteiger partial charge < -0.3 is 19.1 Å². The van der Waals surface area contributed by atoms with Crippen LogP contribution >= 0.6 is 0 Å². The summed E-state index contributed by atoms with van der Waals surface area (Å²) < 4.78 is 18.9. The fourth-order valence-electron chi connectivity index (χ4n) is 6.08. The zero-order chi connectivity index (χ0) is 31.2. The molecule has 6 rings (SSSR count). The molecule has 5 heterocycles. The molecule has 9 nitrogen and oxygen atoms in total. The molecular weight excluding hydrogens is 556 g/mol. The average Bonchev–Trinajstić information content (AvgIpc) is 3.61. The maximum Gasteiger partial charge on any atom is 0.420 e. The third kappa shape index (κ3) is 6.06. The number of rotatable bonds is 3. The number of hydrogen-bond donors (Lipinski definition) is 0. The molecule has 44 heavy (non-hydrogen) atoms.